The topological polar surface area (TPSA) is 416 Å². The van der Waals surface area contributed by atoms with Crippen LogP contribution >= 0.6 is 0 Å². The van der Waals surface area contributed by atoms with E-state index >= 15 is 0 Å². The Labute approximate surface area is 436 Å². The van der Waals surface area contributed by atoms with Crippen LogP contribution in [0.25, 0.3) is 0 Å². The fourth-order valence-corrected chi connectivity index (χ4v) is 7.70. The van der Waals surface area contributed by atoms with Crippen LogP contribution in [0.2, 0.25) is 0 Å². The zero-order chi connectivity index (χ0) is 56.2. The smallest absolute Gasteiger partial charge is 0.243 e. The van der Waals surface area contributed by atoms with Crippen molar-refractivity contribution >= 4 is 65.0 Å². The van der Waals surface area contributed by atoms with E-state index in [1.54, 1.807) is 38.1 Å². The molecule has 0 spiro atoms. The summed E-state index contributed by atoms with van der Waals surface area (Å²) in [6.45, 7) is 16.2. The normalized spacial score (nSPS) is 14.0. The van der Waals surface area contributed by atoms with E-state index in [1.165, 1.54) is 6.92 Å². The minimum atomic E-state index is -1.27. The van der Waals surface area contributed by atoms with Gasteiger partial charge >= 0.3 is 0 Å². The summed E-state index contributed by atoms with van der Waals surface area (Å²) in [7, 11) is 0. The third kappa shape index (κ3) is 26.2. The van der Waals surface area contributed by atoms with Crippen LogP contribution in [-0.2, 0) is 49.7 Å². The predicted octanol–water partition coefficient (Wildman–Crippen LogP) is -0.757. The highest BCUT2D eigenvalue weighted by Crippen LogP contribution is 2.14. The lowest BCUT2D eigenvalue weighted by Crippen LogP contribution is -2.61. The van der Waals surface area contributed by atoms with Gasteiger partial charge in [0.25, 0.3) is 0 Å². The van der Waals surface area contributed by atoms with Crippen molar-refractivity contribution in [3.63, 3.8) is 0 Å². The van der Waals surface area contributed by atoms with Crippen molar-refractivity contribution < 1.29 is 43.2 Å². The maximum absolute atomic E-state index is 14.3. The average molecular weight is 1040 g/mol. The molecule has 0 bridgehead atoms. The SMILES string of the molecule is CC(=O)N[C@@H](CCC(N)=O)C(=O)N[C@@H](CC(C)C)C(=O)N[C@@H](CC(C)C)C(=O)N[C@@H](CC(C)C)C(=O)N[C@@H](CCCN=C(N)N)C(=O)N[C@H](C(=O)N[C@@H](CCCCN)C(=O)NCc1ccc(C(=N)N)cc1)C(C)C. The summed E-state index contributed by atoms with van der Waals surface area (Å²) >= 11 is 0. The van der Waals surface area contributed by atoms with Crippen molar-refractivity contribution in [3.8, 4) is 0 Å². The molecule has 0 aliphatic rings. The number of nitrogens with zero attached hydrogens (tertiary/aromatic N) is 1. The molecule has 1 aromatic rings. The number of hydrogen-bond acceptors (Lipinski definition) is 12. The lowest BCUT2D eigenvalue weighted by Gasteiger charge is -2.29. The maximum Gasteiger partial charge on any atom is 0.243 e. The maximum atomic E-state index is 14.3. The highest BCUT2D eigenvalue weighted by atomic mass is 16.2. The number of guanidine groups is 1. The predicted molar refractivity (Wildman–Crippen MR) is 283 cm³/mol. The molecule has 0 aliphatic carbocycles. The zero-order valence-electron chi connectivity index (χ0n) is 44.9. The molecule has 0 aliphatic heterocycles. The Morgan fingerprint density at radius 2 is 0.946 bits per heavy atom. The molecule has 416 valence electrons. The van der Waals surface area contributed by atoms with E-state index < -0.39 is 101 Å². The number of rotatable bonds is 35. The largest absolute Gasteiger partial charge is 0.384 e. The van der Waals surface area contributed by atoms with Crippen LogP contribution in [0.1, 0.15) is 138 Å². The summed E-state index contributed by atoms with van der Waals surface area (Å²) < 4.78 is 0. The molecule has 19 N–H and O–H groups in total. The highest BCUT2D eigenvalue weighted by molar-refractivity contribution is 5.98. The Hall–Kier alpha value is -6.85. The summed E-state index contributed by atoms with van der Waals surface area (Å²) in [4.78, 5) is 125. The Balaban J connectivity index is 3.46. The second kappa shape index (κ2) is 33.8. The third-order valence-electron chi connectivity index (χ3n) is 11.5. The Morgan fingerprint density at radius 1 is 0.527 bits per heavy atom. The van der Waals surface area contributed by atoms with Gasteiger partial charge in [-0.05, 0) is 93.6 Å². The minimum Gasteiger partial charge on any atom is -0.384 e. The van der Waals surface area contributed by atoms with E-state index in [0.717, 1.165) is 5.56 Å². The number of amides is 9. The van der Waals surface area contributed by atoms with Gasteiger partial charge in [-0.15, -0.1) is 0 Å². The van der Waals surface area contributed by atoms with Crippen molar-refractivity contribution in [2.24, 2.45) is 57.3 Å². The van der Waals surface area contributed by atoms with E-state index in [1.807, 2.05) is 41.5 Å². The lowest BCUT2D eigenvalue weighted by atomic mass is 9.98. The van der Waals surface area contributed by atoms with Gasteiger partial charge in [-0.25, -0.2) is 0 Å². The van der Waals surface area contributed by atoms with Gasteiger partial charge in [-0.3, -0.25) is 53.6 Å². The molecule has 9 amide bonds. The summed E-state index contributed by atoms with van der Waals surface area (Å²) in [5.74, 6) is -7.14. The van der Waals surface area contributed by atoms with Crippen LogP contribution < -0.4 is 71.2 Å². The lowest BCUT2D eigenvalue weighted by molar-refractivity contribution is -0.136. The summed E-state index contributed by atoms with van der Waals surface area (Å²) in [6, 6.07) is -1.43. The van der Waals surface area contributed by atoms with E-state index in [0.29, 0.717) is 24.9 Å². The second-order valence-electron chi connectivity index (χ2n) is 20.2. The van der Waals surface area contributed by atoms with Gasteiger partial charge in [0.1, 0.15) is 48.1 Å². The van der Waals surface area contributed by atoms with E-state index in [-0.39, 0.29) is 94.0 Å². The molecule has 0 heterocycles. The first-order valence-electron chi connectivity index (χ1n) is 25.5. The van der Waals surface area contributed by atoms with Crippen LogP contribution in [0.3, 0.4) is 0 Å². The van der Waals surface area contributed by atoms with Crippen molar-refractivity contribution in [3.05, 3.63) is 35.4 Å². The van der Waals surface area contributed by atoms with Gasteiger partial charge in [-0.1, -0.05) is 79.7 Å². The van der Waals surface area contributed by atoms with Gasteiger partial charge in [0, 0.05) is 32.0 Å². The number of nitrogens with one attached hydrogen (secondary N) is 9. The number of carbonyl (C=O) groups excluding carboxylic acids is 9. The molecule has 24 heteroatoms. The van der Waals surface area contributed by atoms with Crippen LogP contribution in [0.15, 0.2) is 29.3 Å². The Bertz CT molecular complexity index is 2060. The van der Waals surface area contributed by atoms with Gasteiger partial charge in [0.15, 0.2) is 5.96 Å². The third-order valence-corrected chi connectivity index (χ3v) is 11.5. The molecule has 24 nitrogen and oxygen atoms in total. The summed E-state index contributed by atoms with van der Waals surface area (Å²) in [5, 5.41) is 29.5. The van der Waals surface area contributed by atoms with Gasteiger partial charge in [-0.2, -0.15) is 0 Å². The van der Waals surface area contributed by atoms with Gasteiger partial charge in [0.05, 0.1) is 0 Å². The standard InChI is InChI=1S/C50H87N15O9/c1-27(2)23-37(63-48(73)39(25-29(5)6)64-47(72)38(24-28(3)4)62-44(69)36(59-31(9)66)19-20-40(52)67)46(71)60-35(14-12-22-57-50(55)56)45(70)65-41(30(7)8)49(74)61-34(13-10-11-21-51)43(68)58-26-32-15-17-33(18-16-32)42(53)54/h15-18,27-30,34-39,41H,10-14,19-26,51H2,1-9H3,(H2,52,67)(H3,53,54)(H,58,68)(H,59,66)(H,60,71)(H,61,74)(H,62,69)(H,63,73)(H,64,72)(H,65,70)(H4,55,56,57)/t34-,35-,36-,37-,38-,39-,41-/m0/s1. The number of unbranched alkanes of at least 4 members (excludes halogenated alkanes) is 1. The number of benzene rings is 1. The number of primary amides is 1. The molecular weight excluding hydrogens is 955 g/mol. The summed E-state index contributed by atoms with van der Waals surface area (Å²) in [5.41, 5.74) is 28.9. The first kappa shape index (κ1) is 65.2. The van der Waals surface area contributed by atoms with Crippen LogP contribution in [-0.4, -0.2) is 120 Å². The molecule has 1 aromatic carbocycles. The van der Waals surface area contributed by atoms with Crippen molar-refractivity contribution in [1.82, 2.24) is 42.5 Å². The molecule has 7 atom stereocenters. The second-order valence-corrected chi connectivity index (χ2v) is 20.2. The van der Waals surface area contributed by atoms with Crippen LogP contribution in [0, 0.1) is 29.1 Å². The first-order chi connectivity index (χ1) is 34.6. The molecule has 0 unspecified atom stereocenters. The van der Waals surface area contributed by atoms with Gasteiger partial charge in [0.2, 0.25) is 53.2 Å². The molecular formula is C50H87N15O9. The fraction of sp³-hybridized carbons (Fsp3) is 0.660. The Morgan fingerprint density at radius 3 is 1.36 bits per heavy atom. The fourth-order valence-electron chi connectivity index (χ4n) is 7.70. The quantitative estimate of drug-likeness (QED) is 0.0226. The molecule has 0 saturated carbocycles. The van der Waals surface area contributed by atoms with Crippen molar-refractivity contribution in [1.29, 1.82) is 5.41 Å². The first-order valence-corrected chi connectivity index (χ1v) is 25.5. The van der Waals surface area contributed by atoms with E-state index in [2.05, 4.69) is 47.5 Å². The molecule has 0 radical (unpaired) electrons. The van der Waals surface area contributed by atoms with Gasteiger partial charge < -0.3 is 71.2 Å². The number of nitrogen functional groups attached to an aromatic ring is 1. The van der Waals surface area contributed by atoms with E-state index in [4.69, 9.17) is 34.1 Å². The number of aliphatic imine (C=N–C) groups is 1. The zero-order valence-corrected chi connectivity index (χ0v) is 44.9. The molecule has 1 rings (SSSR count). The van der Waals surface area contributed by atoms with Crippen LogP contribution in [0.5, 0.6) is 0 Å². The van der Waals surface area contributed by atoms with Crippen molar-refractivity contribution in [2.45, 2.75) is 175 Å². The number of nitrogens with two attached hydrogens (primary N) is 5. The summed E-state index contributed by atoms with van der Waals surface area (Å²) in [6.07, 6.45) is 1.63. The van der Waals surface area contributed by atoms with Crippen molar-refractivity contribution in [2.75, 3.05) is 13.1 Å². The molecule has 74 heavy (non-hydrogen) atoms. The minimum absolute atomic E-state index is 0.000955. The molecule has 0 aromatic heterocycles. The van der Waals surface area contributed by atoms with E-state index in [9.17, 15) is 43.2 Å². The average Bonchev–Trinajstić information content (AvgIpc) is 3.30. The number of carbonyl (C=O) groups is 9. The highest BCUT2D eigenvalue weighted by Gasteiger charge is 2.35. The molecule has 0 saturated heterocycles. The monoisotopic (exact) mass is 1040 g/mol. The number of amidine groups is 1. The Kier molecular flexibility index (Phi) is 29.8. The van der Waals surface area contributed by atoms with Crippen LogP contribution in [0.4, 0.5) is 0 Å². The number of hydrogen-bond donors (Lipinski definition) is 14. The molecule has 0 fully saturated rings.